The number of ether oxygens (including phenoxy) is 1. The number of carboxylic acid groups (broad SMARTS) is 1. The van der Waals surface area contributed by atoms with Crippen LogP contribution in [0.4, 0.5) is 0 Å². The molecule has 2 aromatic carbocycles. The van der Waals surface area contributed by atoms with Crippen LogP contribution in [-0.4, -0.2) is 76.4 Å². The van der Waals surface area contributed by atoms with Crippen molar-refractivity contribution in [3.63, 3.8) is 0 Å². The van der Waals surface area contributed by atoms with Gasteiger partial charge in [0.15, 0.2) is 0 Å². The highest BCUT2D eigenvalue weighted by atomic mass is 16.5. The minimum absolute atomic E-state index is 0.202. The summed E-state index contributed by atoms with van der Waals surface area (Å²) in [5, 5.41) is 38.7. The van der Waals surface area contributed by atoms with Gasteiger partial charge in [-0.3, -0.25) is 4.79 Å². The first-order chi connectivity index (χ1) is 15.5. The molecule has 0 amide bonds. The second kappa shape index (κ2) is 11.1. The van der Waals surface area contributed by atoms with E-state index in [-0.39, 0.29) is 19.7 Å². The van der Waals surface area contributed by atoms with Crippen LogP contribution in [0.1, 0.15) is 12.8 Å². The number of piperidine rings is 1. The van der Waals surface area contributed by atoms with Crippen molar-refractivity contribution in [3.8, 4) is 16.9 Å². The number of carbonyl (C=O) groups is 1. The second-order valence-corrected chi connectivity index (χ2v) is 7.99. The van der Waals surface area contributed by atoms with Gasteiger partial charge in [-0.05, 0) is 53.4 Å². The third-order valence-corrected chi connectivity index (χ3v) is 5.66. The zero-order valence-corrected chi connectivity index (χ0v) is 17.8. The Kier molecular flexibility index (Phi) is 8.24. The summed E-state index contributed by atoms with van der Waals surface area (Å²) in [5.41, 5.74) is 1.14. The van der Waals surface area contributed by atoms with E-state index in [4.69, 9.17) is 19.1 Å². The van der Waals surface area contributed by atoms with Crippen molar-refractivity contribution >= 4 is 17.2 Å². The lowest BCUT2D eigenvalue weighted by Crippen LogP contribution is -2.48. The summed E-state index contributed by atoms with van der Waals surface area (Å²) < 4.78 is 11.0. The summed E-state index contributed by atoms with van der Waals surface area (Å²) in [4.78, 5) is 10.5. The molecule has 2 heterocycles. The van der Waals surface area contributed by atoms with Crippen molar-refractivity contribution in [3.05, 3.63) is 55.0 Å². The molecule has 0 spiro atoms. The van der Waals surface area contributed by atoms with Gasteiger partial charge < -0.3 is 34.5 Å². The van der Waals surface area contributed by atoms with Crippen LogP contribution in [0.25, 0.3) is 21.9 Å². The van der Waals surface area contributed by atoms with Crippen LogP contribution in [0, 0.1) is 0 Å². The average molecular weight is 443 g/mol. The van der Waals surface area contributed by atoms with Gasteiger partial charge in [0.25, 0.3) is 6.47 Å². The molecule has 0 radical (unpaired) electrons. The van der Waals surface area contributed by atoms with Crippen molar-refractivity contribution < 1.29 is 34.4 Å². The standard InChI is InChI=1S/C23H27NO5.CH2O2/c25-16-23(27)6-8-24(9-7-23)13-21(26)15-29-22-4-3-17-1-2-18(11-20(17)12-22)19-5-10-28-14-19;2-1-3/h1-5,10-12,14,21,25-27H,6-9,13,15-16H2;1H,(H,2,3). The molecule has 1 aromatic heterocycles. The number of hydrogen-bond donors (Lipinski definition) is 4. The van der Waals surface area contributed by atoms with Gasteiger partial charge in [-0.15, -0.1) is 0 Å². The Hall–Kier alpha value is -2.91. The Morgan fingerprint density at radius 3 is 2.47 bits per heavy atom. The molecule has 1 aliphatic heterocycles. The number of nitrogens with zero attached hydrogens (tertiary/aromatic N) is 1. The van der Waals surface area contributed by atoms with E-state index in [9.17, 15) is 15.3 Å². The largest absolute Gasteiger partial charge is 0.491 e. The van der Waals surface area contributed by atoms with E-state index in [2.05, 4.69) is 23.1 Å². The predicted molar refractivity (Wildman–Crippen MR) is 120 cm³/mol. The van der Waals surface area contributed by atoms with Gasteiger partial charge in [-0.25, -0.2) is 0 Å². The number of fused-ring (bicyclic) bond motifs is 1. The number of aliphatic hydroxyl groups excluding tert-OH is 2. The smallest absolute Gasteiger partial charge is 0.290 e. The molecule has 1 atom stereocenters. The highest BCUT2D eigenvalue weighted by Crippen LogP contribution is 2.27. The molecule has 1 fully saturated rings. The van der Waals surface area contributed by atoms with Crippen molar-refractivity contribution in [1.29, 1.82) is 0 Å². The number of likely N-dealkylation sites (tertiary alicyclic amines) is 1. The number of benzene rings is 2. The van der Waals surface area contributed by atoms with E-state index in [1.165, 1.54) is 0 Å². The van der Waals surface area contributed by atoms with Gasteiger partial charge in [0.2, 0.25) is 0 Å². The molecule has 172 valence electrons. The molecule has 0 aliphatic carbocycles. The van der Waals surface area contributed by atoms with Crippen LogP contribution in [-0.2, 0) is 4.79 Å². The Labute approximate surface area is 186 Å². The zero-order chi connectivity index (χ0) is 23.0. The van der Waals surface area contributed by atoms with Crippen LogP contribution in [0.15, 0.2) is 59.4 Å². The van der Waals surface area contributed by atoms with E-state index in [1.807, 2.05) is 24.3 Å². The van der Waals surface area contributed by atoms with Crippen LogP contribution < -0.4 is 4.74 Å². The fourth-order valence-electron chi connectivity index (χ4n) is 3.78. The van der Waals surface area contributed by atoms with Gasteiger partial charge in [0.1, 0.15) is 18.5 Å². The van der Waals surface area contributed by atoms with E-state index in [1.54, 1.807) is 12.5 Å². The highest BCUT2D eigenvalue weighted by Gasteiger charge is 2.31. The number of aliphatic hydroxyl groups is 3. The van der Waals surface area contributed by atoms with Gasteiger partial charge in [-0.1, -0.05) is 18.2 Å². The lowest BCUT2D eigenvalue weighted by Gasteiger charge is -2.37. The Bertz CT molecular complexity index is 981. The van der Waals surface area contributed by atoms with Crippen molar-refractivity contribution in [1.82, 2.24) is 4.90 Å². The SMILES string of the molecule is O=CO.OCC1(O)CCN(CC(O)COc2ccc3ccc(-c4ccoc4)cc3c2)CC1. The summed E-state index contributed by atoms with van der Waals surface area (Å²) in [7, 11) is 0. The van der Waals surface area contributed by atoms with Gasteiger partial charge >= 0.3 is 0 Å². The molecular weight excluding hydrogens is 414 g/mol. The Balaban J connectivity index is 0.000000913. The molecule has 0 bridgehead atoms. The van der Waals surface area contributed by atoms with Crippen LogP contribution in [0.2, 0.25) is 0 Å². The first-order valence-electron chi connectivity index (χ1n) is 10.5. The van der Waals surface area contributed by atoms with Gasteiger partial charge in [-0.2, -0.15) is 0 Å². The lowest BCUT2D eigenvalue weighted by molar-refractivity contribution is -0.122. The third-order valence-electron chi connectivity index (χ3n) is 5.66. The summed E-state index contributed by atoms with van der Waals surface area (Å²) in [5.74, 6) is 0.717. The normalized spacial score (nSPS) is 16.7. The van der Waals surface area contributed by atoms with E-state index in [0.29, 0.717) is 38.2 Å². The topological polar surface area (TPSA) is 124 Å². The first kappa shape index (κ1) is 23.7. The van der Waals surface area contributed by atoms with Crippen LogP contribution >= 0.6 is 0 Å². The highest BCUT2D eigenvalue weighted by molar-refractivity contribution is 5.88. The number of rotatable bonds is 7. The fourth-order valence-corrected chi connectivity index (χ4v) is 3.78. The summed E-state index contributed by atoms with van der Waals surface area (Å²) in [6.07, 6.45) is 3.79. The fraction of sp³-hybridized carbons (Fsp3) is 0.375. The van der Waals surface area contributed by atoms with Crippen molar-refractivity contribution in [2.45, 2.75) is 24.5 Å². The molecule has 3 aromatic rings. The molecule has 8 nitrogen and oxygen atoms in total. The average Bonchev–Trinajstić information content (AvgIpc) is 3.34. The minimum atomic E-state index is -0.974. The molecule has 32 heavy (non-hydrogen) atoms. The van der Waals surface area contributed by atoms with Crippen molar-refractivity contribution in [2.24, 2.45) is 0 Å². The van der Waals surface area contributed by atoms with E-state index in [0.717, 1.165) is 21.9 Å². The maximum atomic E-state index is 10.3. The zero-order valence-electron chi connectivity index (χ0n) is 17.8. The van der Waals surface area contributed by atoms with Gasteiger partial charge in [0.05, 0.1) is 24.7 Å². The molecule has 4 rings (SSSR count). The summed E-state index contributed by atoms with van der Waals surface area (Å²) in [6, 6.07) is 14.1. The van der Waals surface area contributed by atoms with E-state index >= 15 is 0 Å². The number of β-amino-alcohol motifs (C(OH)–C–C–N with tert-alkyl or cyclic N) is 1. The third kappa shape index (κ3) is 6.30. The molecule has 4 N–H and O–H groups in total. The second-order valence-electron chi connectivity index (χ2n) is 7.99. The molecule has 1 aliphatic rings. The maximum Gasteiger partial charge on any atom is 0.290 e. The first-order valence-corrected chi connectivity index (χ1v) is 10.5. The summed E-state index contributed by atoms with van der Waals surface area (Å²) in [6.45, 7) is 1.53. The molecule has 0 saturated carbocycles. The van der Waals surface area contributed by atoms with E-state index < -0.39 is 11.7 Å². The maximum absolute atomic E-state index is 10.3. The number of furan rings is 1. The predicted octanol–water partition coefficient (Wildman–Crippen LogP) is 2.36. The minimum Gasteiger partial charge on any atom is -0.491 e. The van der Waals surface area contributed by atoms with Gasteiger partial charge in [0, 0.05) is 25.2 Å². The van der Waals surface area contributed by atoms with Crippen LogP contribution in [0.5, 0.6) is 5.75 Å². The number of hydrogen-bond acceptors (Lipinski definition) is 7. The quantitative estimate of drug-likeness (QED) is 0.411. The van der Waals surface area contributed by atoms with Crippen LogP contribution in [0.3, 0.4) is 0 Å². The Morgan fingerprint density at radius 2 is 1.81 bits per heavy atom. The molecule has 1 saturated heterocycles. The molecule has 8 heteroatoms. The van der Waals surface area contributed by atoms with Crippen molar-refractivity contribution in [2.75, 3.05) is 32.8 Å². The molecular formula is C24H29NO7. The lowest BCUT2D eigenvalue weighted by atomic mass is 9.92. The summed E-state index contributed by atoms with van der Waals surface area (Å²) >= 11 is 0. The Morgan fingerprint density at radius 1 is 1.09 bits per heavy atom. The monoisotopic (exact) mass is 443 g/mol. The molecule has 1 unspecified atom stereocenters.